The third-order valence-electron chi connectivity index (χ3n) is 2.60. The maximum atomic E-state index is 13.5. The zero-order valence-corrected chi connectivity index (χ0v) is 10.1. The van der Waals surface area contributed by atoms with Gasteiger partial charge < -0.3 is 0 Å². The second-order valence-electron chi connectivity index (χ2n) is 3.97. The minimum atomic E-state index is -0.689. The molecule has 18 heavy (non-hydrogen) atoms. The molecule has 2 rings (SSSR count). The van der Waals surface area contributed by atoms with E-state index < -0.39 is 17.0 Å². The summed E-state index contributed by atoms with van der Waals surface area (Å²) in [6, 6.07) is 9.19. The van der Waals surface area contributed by atoms with Crippen molar-refractivity contribution in [2.45, 2.75) is 11.8 Å². The largest absolute Gasteiger partial charge is 0.207 e. The van der Waals surface area contributed by atoms with Crippen LogP contribution in [0, 0.1) is 17.5 Å². The van der Waals surface area contributed by atoms with Crippen LogP contribution < -0.4 is 0 Å². The molecule has 0 aliphatic rings. The molecule has 0 N–H and O–H groups in total. The highest BCUT2D eigenvalue weighted by Gasteiger charge is 2.14. The molecule has 0 nitrogen and oxygen atoms in total. The van der Waals surface area contributed by atoms with Gasteiger partial charge in [0.1, 0.15) is 17.5 Å². The Bertz CT molecular complexity index is 554. The van der Waals surface area contributed by atoms with Crippen LogP contribution in [0.25, 0.3) is 0 Å². The molecule has 0 aliphatic heterocycles. The third kappa shape index (κ3) is 3.05. The molecular formula is C14H10ClF3. The molecule has 0 radical (unpaired) electrons. The van der Waals surface area contributed by atoms with Crippen LogP contribution >= 0.6 is 11.6 Å². The van der Waals surface area contributed by atoms with Gasteiger partial charge in [-0.05, 0) is 30.2 Å². The van der Waals surface area contributed by atoms with Gasteiger partial charge >= 0.3 is 0 Å². The molecule has 2 aromatic carbocycles. The Morgan fingerprint density at radius 2 is 1.67 bits per heavy atom. The van der Waals surface area contributed by atoms with E-state index in [9.17, 15) is 13.2 Å². The minimum Gasteiger partial charge on any atom is -0.207 e. The summed E-state index contributed by atoms with van der Waals surface area (Å²) in [5.74, 6) is -1.70. The van der Waals surface area contributed by atoms with Crippen LogP contribution in [-0.2, 0) is 6.42 Å². The van der Waals surface area contributed by atoms with Gasteiger partial charge in [0.15, 0.2) is 0 Å². The lowest BCUT2D eigenvalue weighted by molar-refractivity contribution is 0.569. The van der Waals surface area contributed by atoms with Crippen LogP contribution in [0.4, 0.5) is 13.2 Å². The fourth-order valence-corrected chi connectivity index (χ4v) is 2.09. The smallest absolute Gasteiger partial charge is 0.130 e. The van der Waals surface area contributed by atoms with Gasteiger partial charge in [-0.25, -0.2) is 13.2 Å². The van der Waals surface area contributed by atoms with Gasteiger partial charge in [-0.15, -0.1) is 11.6 Å². The number of rotatable bonds is 3. The Morgan fingerprint density at radius 1 is 0.944 bits per heavy atom. The number of hydrogen-bond donors (Lipinski definition) is 0. The molecule has 1 unspecified atom stereocenters. The highest BCUT2D eigenvalue weighted by atomic mass is 35.5. The summed E-state index contributed by atoms with van der Waals surface area (Å²) in [6.45, 7) is 0. The first-order chi connectivity index (χ1) is 8.56. The van der Waals surface area contributed by atoms with Gasteiger partial charge in [0.2, 0.25) is 0 Å². The summed E-state index contributed by atoms with van der Waals surface area (Å²) < 4.78 is 39.2. The van der Waals surface area contributed by atoms with Gasteiger partial charge in [-0.2, -0.15) is 0 Å². The molecule has 94 valence electrons. The van der Waals surface area contributed by atoms with Crippen LogP contribution in [0.5, 0.6) is 0 Å². The third-order valence-corrected chi connectivity index (χ3v) is 2.99. The summed E-state index contributed by atoms with van der Waals surface area (Å²) in [5.41, 5.74) is 0.876. The van der Waals surface area contributed by atoms with Gasteiger partial charge in [0.25, 0.3) is 0 Å². The molecule has 0 amide bonds. The standard InChI is InChI=1S/C14H10ClF3/c15-13(7-9-2-1-3-10(16)6-9)12-5-4-11(17)8-14(12)18/h1-6,8,13H,7H2. The molecular weight excluding hydrogens is 261 g/mol. The van der Waals surface area contributed by atoms with E-state index in [4.69, 9.17) is 11.6 Å². The highest BCUT2D eigenvalue weighted by Crippen LogP contribution is 2.27. The molecule has 2 aromatic rings. The molecule has 0 bridgehead atoms. The van der Waals surface area contributed by atoms with Crippen molar-refractivity contribution >= 4 is 11.6 Å². The van der Waals surface area contributed by atoms with Crippen LogP contribution in [-0.4, -0.2) is 0 Å². The SMILES string of the molecule is Fc1cccc(CC(Cl)c2ccc(F)cc2F)c1. The normalized spacial score (nSPS) is 12.4. The molecule has 0 aromatic heterocycles. The molecule has 0 saturated carbocycles. The molecule has 1 atom stereocenters. The quantitative estimate of drug-likeness (QED) is 0.714. The summed E-state index contributed by atoms with van der Waals surface area (Å²) in [7, 11) is 0. The Labute approximate surface area is 108 Å². The molecule has 0 heterocycles. The summed E-state index contributed by atoms with van der Waals surface area (Å²) >= 11 is 6.07. The van der Waals surface area contributed by atoms with E-state index in [-0.39, 0.29) is 17.8 Å². The maximum Gasteiger partial charge on any atom is 0.130 e. The Hall–Kier alpha value is -1.48. The van der Waals surface area contributed by atoms with Gasteiger partial charge in [-0.3, -0.25) is 0 Å². The van der Waals surface area contributed by atoms with Gasteiger partial charge in [0, 0.05) is 11.6 Å². The van der Waals surface area contributed by atoms with Crippen LogP contribution in [0.1, 0.15) is 16.5 Å². The predicted molar refractivity (Wildman–Crippen MR) is 65.1 cm³/mol. The van der Waals surface area contributed by atoms with E-state index in [1.165, 1.54) is 18.2 Å². The lowest BCUT2D eigenvalue weighted by atomic mass is 10.0. The molecule has 0 fully saturated rings. The lowest BCUT2D eigenvalue weighted by Gasteiger charge is -2.11. The van der Waals surface area contributed by atoms with Crippen molar-refractivity contribution in [2.24, 2.45) is 0 Å². The van der Waals surface area contributed by atoms with Crippen molar-refractivity contribution in [3.05, 3.63) is 71.0 Å². The fraction of sp³-hybridized carbons (Fsp3) is 0.143. The number of hydrogen-bond acceptors (Lipinski definition) is 0. The Balaban J connectivity index is 2.19. The zero-order chi connectivity index (χ0) is 13.1. The number of halogens is 4. The number of alkyl halides is 1. The van der Waals surface area contributed by atoms with E-state index in [1.54, 1.807) is 12.1 Å². The van der Waals surface area contributed by atoms with E-state index in [2.05, 4.69) is 0 Å². The molecule has 0 saturated heterocycles. The van der Waals surface area contributed by atoms with Crippen molar-refractivity contribution in [3.8, 4) is 0 Å². The van der Waals surface area contributed by atoms with Crippen LogP contribution in [0.2, 0.25) is 0 Å². The maximum absolute atomic E-state index is 13.5. The topological polar surface area (TPSA) is 0 Å². The number of benzene rings is 2. The summed E-state index contributed by atoms with van der Waals surface area (Å²) in [6.07, 6.45) is 0.280. The predicted octanol–water partition coefficient (Wildman–Crippen LogP) is 4.63. The van der Waals surface area contributed by atoms with Crippen LogP contribution in [0.3, 0.4) is 0 Å². The molecule has 4 heteroatoms. The van der Waals surface area contributed by atoms with Crippen molar-refractivity contribution < 1.29 is 13.2 Å². The first-order valence-electron chi connectivity index (χ1n) is 5.40. The van der Waals surface area contributed by atoms with E-state index in [1.807, 2.05) is 0 Å². The first kappa shape index (κ1) is 13.0. The average molecular weight is 271 g/mol. The Kier molecular flexibility index (Phi) is 3.92. The monoisotopic (exact) mass is 270 g/mol. The second-order valence-corrected chi connectivity index (χ2v) is 4.49. The second kappa shape index (κ2) is 5.44. The minimum absolute atomic E-state index is 0.210. The zero-order valence-electron chi connectivity index (χ0n) is 9.34. The first-order valence-corrected chi connectivity index (χ1v) is 5.83. The highest BCUT2D eigenvalue weighted by molar-refractivity contribution is 6.20. The average Bonchev–Trinajstić information content (AvgIpc) is 2.28. The van der Waals surface area contributed by atoms with Crippen LogP contribution in [0.15, 0.2) is 42.5 Å². The van der Waals surface area contributed by atoms with Gasteiger partial charge in [0.05, 0.1) is 5.38 Å². The lowest BCUT2D eigenvalue weighted by Crippen LogP contribution is -2.00. The molecule has 0 spiro atoms. The van der Waals surface area contributed by atoms with E-state index in [0.29, 0.717) is 5.56 Å². The van der Waals surface area contributed by atoms with E-state index >= 15 is 0 Å². The van der Waals surface area contributed by atoms with Crippen molar-refractivity contribution in [2.75, 3.05) is 0 Å². The van der Waals surface area contributed by atoms with E-state index in [0.717, 1.165) is 12.1 Å². The van der Waals surface area contributed by atoms with Gasteiger partial charge in [-0.1, -0.05) is 18.2 Å². The fourth-order valence-electron chi connectivity index (χ4n) is 1.74. The Morgan fingerprint density at radius 3 is 2.33 bits per heavy atom. The summed E-state index contributed by atoms with van der Waals surface area (Å²) in [4.78, 5) is 0. The van der Waals surface area contributed by atoms with Crippen molar-refractivity contribution in [1.82, 2.24) is 0 Å². The molecule has 0 aliphatic carbocycles. The summed E-state index contributed by atoms with van der Waals surface area (Å²) in [5, 5.41) is -0.660. The van der Waals surface area contributed by atoms with Crippen molar-refractivity contribution in [3.63, 3.8) is 0 Å². The van der Waals surface area contributed by atoms with Crippen molar-refractivity contribution in [1.29, 1.82) is 0 Å².